The van der Waals surface area contributed by atoms with E-state index in [0.29, 0.717) is 35.9 Å². The van der Waals surface area contributed by atoms with Crippen molar-refractivity contribution in [1.82, 2.24) is 5.32 Å². The standard InChI is InChI=1S/C23H26N2O6/c1-15-4-7-18(8-5-15)30-13-20(26)17-6-9-21-19(12-17)25(22(27)14-31-21)16(2)23(28)24-10-11-29-3/h4-9,12,16H,10-11,13-14H2,1-3H3,(H,24,28)/t16-/m1/s1. The Hall–Kier alpha value is -3.39. The molecule has 2 aromatic carbocycles. The number of nitrogens with one attached hydrogen (secondary N) is 1. The summed E-state index contributed by atoms with van der Waals surface area (Å²) in [6.07, 6.45) is 0. The first-order valence-electron chi connectivity index (χ1n) is 9.99. The van der Waals surface area contributed by atoms with Crippen molar-refractivity contribution in [3.05, 3.63) is 53.6 Å². The van der Waals surface area contributed by atoms with Crippen LogP contribution in [0.15, 0.2) is 42.5 Å². The van der Waals surface area contributed by atoms with E-state index in [2.05, 4.69) is 5.32 Å². The number of hydrogen-bond acceptors (Lipinski definition) is 6. The molecule has 0 aromatic heterocycles. The molecule has 2 aromatic rings. The fourth-order valence-electron chi connectivity index (χ4n) is 3.18. The highest BCUT2D eigenvalue weighted by Crippen LogP contribution is 2.34. The van der Waals surface area contributed by atoms with Crippen LogP contribution in [0.2, 0.25) is 0 Å². The predicted octanol–water partition coefficient (Wildman–Crippen LogP) is 2.13. The number of ketones is 1. The number of ether oxygens (including phenoxy) is 3. The molecule has 0 aliphatic carbocycles. The lowest BCUT2D eigenvalue weighted by Gasteiger charge is -2.33. The lowest BCUT2D eigenvalue weighted by molar-refractivity contribution is -0.127. The van der Waals surface area contributed by atoms with Crippen molar-refractivity contribution < 1.29 is 28.6 Å². The first kappa shape index (κ1) is 22.3. The number of hydrogen-bond donors (Lipinski definition) is 1. The number of amides is 2. The molecule has 8 nitrogen and oxygen atoms in total. The second-order valence-corrected chi connectivity index (χ2v) is 7.22. The molecule has 2 amide bonds. The molecule has 0 saturated heterocycles. The van der Waals surface area contributed by atoms with Crippen LogP contribution >= 0.6 is 0 Å². The number of aryl methyl sites for hydroxylation is 1. The third kappa shape index (κ3) is 5.40. The van der Waals surface area contributed by atoms with Gasteiger partial charge >= 0.3 is 0 Å². The summed E-state index contributed by atoms with van der Waals surface area (Å²) < 4.78 is 16.0. The Balaban J connectivity index is 1.76. The third-order valence-corrected chi connectivity index (χ3v) is 4.92. The maximum Gasteiger partial charge on any atom is 0.265 e. The minimum absolute atomic E-state index is 0.149. The Morgan fingerprint density at radius 2 is 1.94 bits per heavy atom. The topological polar surface area (TPSA) is 94.2 Å². The van der Waals surface area contributed by atoms with Crippen LogP contribution in [0.4, 0.5) is 5.69 Å². The molecule has 1 N–H and O–H groups in total. The normalized spacial score (nSPS) is 13.8. The van der Waals surface area contributed by atoms with E-state index in [1.165, 1.54) is 4.90 Å². The fraction of sp³-hybridized carbons (Fsp3) is 0.348. The van der Waals surface area contributed by atoms with Gasteiger partial charge in [0, 0.05) is 19.2 Å². The van der Waals surface area contributed by atoms with Crippen LogP contribution in [0.5, 0.6) is 11.5 Å². The molecule has 0 saturated carbocycles. The van der Waals surface area contributed by atoms with Crippen LogP contribution in [0.25, 0.3) is 0 Å². The van der Waals surface area contributed by atoms with Crippen molar-refractivity contribution in [3.8, 4) is 11.5 Å². The number of benzene rings is 2. The maximum atomic E-state index is 12.7. The quantitative estimate of drug-likeness (QED) is 0.488. The number of anilines is 1. The summed E-state index contributed by atoms with van der Waals surface area (Å²) in [6.45, 7) is 3.97. The Morgan fingerprint density at radius 1 is 1.19 bits per heavy atom. The van der Waals surface area contributed by atoms with Gasteiger partial charge in [-0.15, -0.1) is 0 Å². The van der Waals surface area contributed by atoms with Gasteiger partial charge < -0.3 is 19.5 Å². The average Bonchev–Trinajstić information content (AvgIpc) is 2.77. The highest BCUT2D eigenvalue weighted by Gasteiger charge is 2.33. The van der Waals surface area contributed by atoms with E-state index in [1.807, 2.05) is 19.1 Å². The molecule has 0 fully saturated rings. The monoisotopic (exact) mass is 426 g/mol. The zero-order chi connectivity index (χ0) is 22.4. The molecular formula is C23H26N2O6. The molecule has 1 aliphatic heterocycles. The van der Waals surface area contributed by atoms with Gasteiger partial charge in [0.05, 0.1) is 12.3 Å². The first-order valence-corrected chi connectivity index (χ1v) is 9.99. The van der Waals surface area contributed by atoms with Crippen LogP contribution < -0.4 is 19.7 Å². The molecule has 1 heterocycles. The third-order valence-electron chi connectivity index (χ3n) is 4.92. The van der Waals surface area contributed by atoms with Crippen molar-refractivity contribution in [2.24, 2.45) is 0 Å². The van der Waals surface area contributed by atoms with E-state index < -0.39 is 6.04 Å². The predicted molar refractivity (Wildman–Crippen MR) is 115 cm³/mol. The summed E-state index contributed by atoms with van der Waals surface area (Å²) in [5.41, 5.74) is 1.84. The number of nitrogens with zero attached hydrogens (tertiary/aromatic N) is 1. The molecule has 31 heavy (non-hydrogen) atoms. The Labute approximate surface area is 181 Å². The van der Waals surface area contributed by atoms with Gasteiger partial charge in [-0.25, -0.2) is 0 Å². The highest BCUT2D eigenvalue weighted by molar-refractivity contribution is 6.05. The molecule has 8 heteroatoms. The molecular weight excluding hydrogens is 400 g/mol. The zero-order valence-electron chi connectivity index (χ0n) is 17.8. The van der Waals surface area contributed by atoms with E-state index in [1.54, 1.807) is 44.4 Å². The second-order valence-electron chi connectivity index (χ2n) is 7.22. The molecule has 3 rings (SSSR count). The first-order chi connectivity index (χ1) is 14.9. The van der Waals surface area contributed by atoms with E-state index >= 15 is 0 Å². The van der Waals surface area contributed by atoms with Crippen molar-refractivity contribution in [1.29, 1.82) is 0 Å². The van der Waals surface area contributed by atoms with Crippen LogP contribution in [0.1, 0.15) is 22.8 Å². The van der Waals surface area contributed by atoms with Gasteiger partial charge in [-0.1, -0.05) is 17.7 Å². The van der Waals surface area contributed by atoms with Crippen molar-refractivity contribution in [2.75, 3.05) is 38.4 Å². The molecule has 1 atom stereocenters. The Morgan fingerprint density at radius 3 is 2.65 bits per heavy atom. The second kappa shape index (κ2) is 10.1. The van der Waals surface area contributed by atoms with E-state index in [0.717, 1.165) is 5.56 Å². The van der Waals surface area contributed by atoms with E-state index in [-0.39, 0.29) is 30.8 Å². The van der Waals surface area contributed by atoms with Crippen LogP contribution in [-0.4, -0.2) is 57.1 Å². The van der Waals surface area contributed by atoms with E-state index in [9.17, 15) is 14.4 Å². The number of carbonyl (C=O) groups excluding carboxylic acids is 3. The number of carbonyl (C=O) groups is 3. The van der Waals surface area contributed by atoms with Crippen LogP contribution in [0, 0.1) is 6.92 Å². The maximum absolute atomic E-state index is 12.7. The van der Waals surface area contributed by atoms with Gasteiger partial charge in [0.1, 0.15) is 17.5 Å². The summed E-state index contributed by atoms with van der Waals surface area (Å²) >= 11 is 0. The summed E-state index contributed by atoms with van der Waals surface area (Å²) in [5.74, 6) is 0.101. The Bertz CT molecular complexity index is 957. The summed E-state index contributed by atoms with van der Waals surface area (Å²) in [4.78, 5) is 39.1. The molecule has 0 unspecified atom stereocenters. The molecule has 0 bridgehead atoms. The summed E-state index contributed by atoms with van der Waals surface area (Å²) in [7, 11) is 1.54. The molecule has 1 aliphatic rings. The number of methoxy groups -OCH3 is 1. The van der Waals surface area contributed by atoms with E-state index in [4.69, 9.17) is 14.2 Å². The van der Waals surface area contributed by atoms with Gasteiger partial charge in [0.15, 0.2) is 19.0 Å². The number of rotatable bonds is 9. The van der Waals surface area contributed by atoms with Crippen molar-refractivity contribution >= 4 is 23.3 Å². The molecule has 0 radical (unpaired) electrons. The van der Waals surface area contributed by atoms with Crippen LogP contribution in [-0.2, 0) is 14.3 Å². The molecule has 0 spiro atoms. The summed E-state index contributed by atoms with van der Waals surface area (Å²) in [5, 5.41) is 2.73. The van der Waals surface area contributed by atoms with Gasteiger partial charge in [-0.2, -0.15) is 0 Å². The number of Topliss-reactive ketones (excluding diaryl/α,β-unsaturated/α-hetero) is 1. The smallest absolute Gasteiger partial charge is 0.265 e. The van der Waals surface area contributed by atoms with Crippen molar-refractivity contribution in [2.45, 2.75) is 19.9 Å². The molecule has 164 valence electrons. The Kier molecular flexibility index (Phi) is 7.25. The average molecular weight is 426 g/mol. The van der Waals surface area contributed by atoms with Gasteiger partial charge in [-0.3, -0.25) is 19.3 Å². The minimum Gasteiger partial charge on any atom is -0.485 e. The lowest BCUT2D eigenvalue weighted by atomic mass is 10.1. The fourth-order valence-corrected chi connectivity index (χ4v) is 3.18. The van der Waals surface area contributed by atoms with Gasteiger partial charge in [-0.05, 0) is 44.2 Å². The van der Waals surface area contributed by atoms with Gasteiger partial charge in [0.25, 0.3) is 5.91 Å². The largest absolute Gasteiger partial charge is 0.485 e. The number of fused-ring (bicyclic) bond motifs is 1. The minimum atomic E-state index is -0.777. The van der Waals surface area contributed by atoms with Gasteiger partial charge in [0.2, 0.25) is 5.91 Å². The summed E-state index contributed by atoms with van der Waals surface area (Å²) in [6, 6.07) is 11.4. The van der Waals surface area contributed by atoms with Crippen molar-refractivity contribution in [3.63, 3.8) is 0 Å². The zero-order valence-corrected chi connectivity index (χ0v) is 17.8. The van der Waals surface area contributed by atoms with Crippen LogP contribution in [0.3, 0.4) is 0 Å². The SMILES string of the molecule is COCCNC(=O)[C@@H](C)N1C(=O)COc2ccc(C(=O)COc3ccc(C)cc3)cc21. The highest BCUT2D eigenvalue weighted by atomic mass is 16.5. The lowest BCUT2D eigenvalue weighted by Crippen LogP contribution is -2.51.